The van der Waals surface area contributed by atoms with E-state index in [0.717, 1.165) is 10.0 Å². The van der Waals surface area contributed by atoms with Gasteiger partial charge < -0.3 is 10.1 Å². The Labute approximate surface area is 149 Å². The summed E-state index contributed by atoms with van der Waals surface area (Å²) in [5.41, 5.74) is 2.32. The summed E-state index contributed by atoms with van der Waals surface area (Å²) in [6.07, 6.45) is 0. The maximum atomic E-state index is 12.4. The third-order valence-electron chi connectivity index (χ3n) is 3.48. The number of rotatable bonds is 5. The van der Waals surface area contributed by atoms with Crippen molar-refractivity contribution >= 4 is 27.5 Å². The molecule has 3 rings (SSSR count). The minimum Gasteiger partial charge on any atom is -0.487 e. The summed E-state index contributed by atoms with van der Waals surface area (Å²) in [6.45, 7) is 0.450. The van der Waals surface area contributed by atoms with Crippen LogP contribution in [0.15, 0.2) is 83.3 Å². The molecule has 4 heteroatoms. The number of para-hydroxylation sites is 2. The molecule has 0 aliphatic heterocycles. The quantitative estimate of drug-likeness (QED) is 0.652. The number of anilines is 1. The average Bonchev–Trinajstić information content (AvgIpc) is 2.62. The molecular formula is C20H16BrNO2. The van der Waals surface area contributed by atoms with Gasteiger partial charge in [-0.15, -0.1) is 0 Å². The number of carbonyl (C=O) groups is 1. The maximum absolute atomic E-state index is 12.4. The number of hydrogen-bond donors (Lipinski definition) is 1. The van der Waals surface area contributed by atoms with Crippen LogP contribution in [0.25, 0.3) is 0 Å². The van der Waals surface area contributed by atoms with E-state index in [0.29, 0.717) is 23.6 Å². The Kier molecular flexibility index (Phi) is 5.29. The highest BCUT2D eigenvalue weighted by Gasteiger charge is 2.09. The first kappa shape index (κ1) is 16.3. The first-order valence-electron chi connectivity index (χ1n) is 7.55. The fraction of sp³-hybridized carbons (Fsp3) is 0.0500. The number of carbonyl (C=O) groups excluding carboxylic acids is 1. The van der Waals surface area contributed by atoms with Gasteiger partial charge in [0, 0.05) is 10.0 Å². The molecule has 0 bridgehead atoms. The Hall–Kier alpha value is -2.59. The second kappa shape index (κ2) is 7.79. The Morgan fingerprint density at radius 2 is 1.54 bits per heavy atom. The van der Waals surface area contributed by atoms with Crippen molar-refractivity contribution in [2.24, 2.45) is 0 Å². The molecular weight excluding hydrogens is 366 g/mol. The van der Waals surface area contributed by atoms with Crippen molar-refractivity contribution < 1.29 is 9.53 Å². The number of ether oxygens (including phenoxy) is 1. The molecule has 0 fully saturated rings. The third kappa shape index (κ3) is 4.24. The zero-order valence-corrected chi connectivity index (χ0v) is 14.5. The molecule has 0 spiro atoms. The summed E-state index contributed by atoms with van der Waals surface area (Å²) in [7, 11) is 0. The largest absolute Gasteiger partial charge is 0.487 e. The van der Waals surface area contributed by atoms with Crippen LogP contribution in [0.5, 0.6) is 5.75 Å². The fourth-order valence-electron chi connectivity index (χ4n) is 2.23. The second-order valence-corrected chi connectivity index (χ2v) is 6.15. The molecule has 0 aliphatic rings. The van der Waals surface area contributed by atoms with Crippen molar-refractivity contribution in [3.8, 4) is 5.75 Å². The van der Waals surface area contributed by atoms with Gasteiger partial charge in [0.1, 0.15) is 12.4 Å². The number of halogens is 1. The van der Waals surface area contributed by atoms with Crippen LogP contribution in [0.3, 0.4) is 0 Å². The number of hydrogen-bond acceptors (Lipinski definition) is 2. The van der Waals surface area contributed by atoms with Crippen LogP contribution >= 0.6 is 15.9 Å². The van der Waals surface area contributed by atoms with Gasteiger partial charge in [0.2, 0.25) is 0 Å². The lowest BCUT2D eigenvalue weighted by Crippen LogP contribution is -2.12. The Morgan fingerprint density at radius 3 is 2.29 bits per heavy atom. The SMILES string of the molecule is O=C(Nc1ccccc1OCc1ccccc1)c1ccc(Br)cc1. The van der Waals surface area contributed by atoms with Gasteiger partial charge in [-0.2, -0.15) is 0 Å². The summed E-state index contributed by atoms with van der Waals surface area (Å²) >= 11 is 3.36. The van der Waals surface area contributed by atoms with E-state index < -0.39 is 0 Å². The molecule has 0 atom stereocenters. The molecule has 3 aromatic carbocycles. The smallest absolute Gasteiger partial charge is 0.255 e. The highest BCUT2D eigenvalue weighted by molar-refractivity contribution is 9.10. The molecule has 0 radical (unpaired) electrons. The van der Waals surface area contributed by atoms with Crippen LogP contribution in [0.2, 0.25) is 0 Å². The van der Waals surface area contributed by atoms with Gasteiger partial charge in [-0.05, 0) is 42.0 Å². The van der Waals surface area contributed by atoms with Gasteiger partial charge in [0.25, 0.3) is 5.91 Å². The Bertz CT molecular complexity index is 817. The maximum Gasteiger partial charge on any atom is 0.255 e. The first-order valence-corrected chi connectivity index (χ1v) is 8.34. The van der Waals surface area contributed by atoms with E-state index in [9.17, 15) is 4.79 Å². The van der Waals surface area contributed by atoms with Gasteiger partial charge in [-0.1, -0.05) is 58.4 Å². The molecule has 0 heterocycles. The predicted molar refractivity (Wildman–Crippen MR) is 99.3 cm³/mol. The highest BCUT2D eigenvalue weighted by atomic mass is 79.9. The van der Waals surface area contributed by atoms with Crippen molar-refractivity contribution in [3.05, 3.63) is 94.5 Å². The number of amides is 1. The molecule has 3 aromatic rings. The van der Waals surface area contributed by atoms with Crippen LogP contribution in [0.1, 0.15) is 15.9 Å². The van der Waals surface area contributed by atoms with Crippen molar-refractivity contribution in [2.45, 2.75) is 6.61 Å². The molecule has 0 aromatic heterocycles. The Balaban J connectivity index is 1.71. The summed E-state index contributed by atoms with van der Waals surface area (Å²) in [5, 5.41) is 2.90. The van der Waals surface area contributed by atoms with Crippen LogP contribution in [0, 0.1) is 0 Å². The van der Waals surface area contributed by atoms with E-state index in [-0.39, 0.29) is 5.91 Å². The molecule has 120 valence electrons. The molecule has 3 nitrogen and oxygen atoms in total. The van der Waals surface area contributed by atoms with Gasteiger partial charge >= 0.3 is 0 Å². The minimum absolute atomic E-state index is 0.168. The van der Waals surface area contributed by atoms with E-state index in [1.807, 2.05) is 66.7 Å². The third-order valence-corrected chi connectivity index (χ3v) is 4.01. The van der Waals surface area contributed by atoms with E-state index in [1.165, 1.54) is 0 Å². The van der Waals surface area contributed by atoms with Crippen LogP contribution in [-0.4, -0.2) is 5.91 Å². The lowest BCUT2D eigenvalue weighted by Gasteiger charge is -2.12. The van der Waals surface area contributed by atoms with Gasteiger partial charge in [0.15, 0.2) is 0 Å². The standard InChI is InChI=1S/C20H16BrNO2/c21-17-12-10-16(11-13-17)20(23)22-18-8-4-5-9-19(18)24-14-15-6-2-1-3-7-15/h1-13H,14H2,(H,22,23). The summed E-state index contributed by atoms with van der Waals surface area (Å²) in [5.74, 6) is 0.477. The second-order valence-electron chi connectivity index (χ2n) is 5.23. The van der Waals surface area contributed by atoms with E-state index >= 15 is 0 Å². The zero-order valence-electron chi connectivity index (χ0n) is 12.9. The monoisotopic (exact) mass is 381 g/mol. The van der Waals surface area contributed by atoms with Crippen molar-refractivity contribution in [1.29, 1.82) is 0 Å². The number of benzene rings is 3. The van der Waals surface area contributed by atoms with Crippen LogP contribution in [0.4, 0.5) is 5.69 Å². The first-order chi connectivity index (χ1) is 11.7. The summed E-state index contributed by atoms with van der Waals surface area (Å²) < 4.78 is 6.79. The summed E-state index contributed by atoms with van der Waals surface area (Å²) in [4.78, 5) is 12.4. The molecule has 1 N–H and O–H groups in total. The van der Waals surface area contributed by atoms with E-state index in [4.69, 9.17) is 4.74 Å². The average molecular weight is 382 g/mol. The minimum atomic E-state index is -0.168. The highest BCUT2D eigenvalue weighted by Crippen LogP contribution is 2.25. The topological polar surface area (TPSA) is 38.3 Å². The lowest BCUT2D eigenvalue weighted by molar-refractivity contribution is 0.102. The van der Waals surface area contributed by atoms with Gasteiger partial charge in [-0.25, -0.2) is 0 Å². The number of nitrogens with one attached hydrogen (secondary N) is 1. The van der Waals surface area contributed by atoms with Crippen LogP contribution < -0.4 is 10.1 Å². The normalized spacial score (nSPS) is 10.2. The molecule has 0 saturated heterocycles. The van der Waals surface area contributed by atoms with Crippen molar-refractivity contribution in [1.82, 2.24) is 0 Å². The predicted octanol–water partition coefficient (Wildman–Crippen LogP) is 5.28. The molecule has 0 unspecified atom stereocenters. The van der Waals surface area contributed by atoms with Crippen molar-refractivity contribution in [3.63, 3.8) is 0 Å². The molecule has 24 heavy (non-hydrogen) atoms. The zero-order chi connectivity index (χ0) is 16.8. The molecule has 0 saturated carbocycles. The molecule has 0 aliphatic carbocycles. The summed E-state index contributed by atoms with van der Waals surface area (Å²) in [6, 6.07) is 24.6. The lowest BCUT2D eigenvalue weighted by atomic mass is 10.2. The van der Waals surface area contributed by atoms with Gasteiger partial charge in [-0.3, -0.25) is 4.79 Å². The van der Waals surface area contributed by atoms with Crippen LogP contribution in [-0.2, 0) is 6.61 Å². The van der Waals surface area contributed by atoms with Crippen molar-refractivity contribution in [2.75, 3.05) is 5.32 Å². The van der Waals surface area contributed by atoms with E-state index in [2.05, 4.69) is 21.2 Å². The fourth-order valence-corrected chi connectivity index (χ4v) is 2.49. The van der Waals surface area contributed by atoms with Gasteiger partial charge in [0.05, 0.1) is 5.69 Å². The molecule has 1 amide bonds. The Morgan fingerprint density at radius 1 is 0.875 bits per heavy atom. The van der Waals surface area contributed by atoms with E-state index in [1.54, 1.807) is 12.1 Å².